The lowest BCUT2D eigenvalue weighted by atomic mass is 10.1. The van der Waals surface area contributed by atoms with Gasteiger partial charge in [-0.2, -0.15) is 13.2 Å². The third-order valence-corrected chi connectivity index (χ3v) is 3.77. The number of alkyl halides is 3. The molecule has 6 nitrogen and oxygen atoms in total. The first-order valence-electron chi connectivity index (χ1n) is 7.36. The van der Waals surface area contributed by atoms with Crippen molar-refractivity contribution in [3.8, 4) is 0 Å². The van der Waals surface area contributed by atoms with Gasteiger partial charge in [0.25, 0.3) is 0 Å². The number of rotatable bonds is 2. The van der Waals surface area contributed by atoms with E-state index in [0.717, 1.165) is 10.9 Å². The van der Waals surface area contributed by atoms with Gasteiger partial charge in [-0.25, -0.2) is 9.97 Å². The van der Waals surface area contributed by atoms with Gasteiger partial charge in [-0.1, -0.05) is 11.6 Å². The highest BCUT2D eigenvalue weighted by Crippen LogP contribution is 2.25. The van der Waals surface area contributed by atoms with E-state index >= 15 is 0 Å². The number of fused-ring (bicyclic) bond motifs is 1. The van der Waals surface area contributed by atoms with Gasteiger partial charge in [-0.15, -0.1) is 0 Å². The molecule has 0 saturated carbocycles. The second-order valence-electron chi connectivity index (χ2n) is 5.76. The Labute approximate surface area is 135 Å². The van der Waals surface area contributed by atoms with Gasteiger partial charge in [-0.05, 0) is 26.0 Å². The molecule has 1 aliphatic heterocycles. The minimum Gasteiger partial charge on any atom is -0.323 e. The summed E-state index contributed by atoms with van der Waals surface area (Å²) in [6.45, 7) is 3.74. The molecule has 0 spiro atoms. The van der Waals surface area contributed by atoms with E-state index in [1.165, 1.54) is 0 Å². The monoisotopic (exact) mass is 339 g/mol. The molecule has 1 aliphatic rings. The Kier molecular flexibility index (Phi) is 4.04. The number of carbonyl (C=O) groups is 1. The molecule has 128 valence electrons. The molecule has 0 aliphatic carbocycles. The highest BCUT2D eigenvalue weighted by atomic mass is 19.4. The lowest BCUT2D eigenvalue weighted by molar-refractivity contribution is -0.168. The molecule has 2 heterocycles. The largest absolute Gasteiger partial charge is 0.404 e. The Morgan fingerprint density at radius 1 is 1.25 bits per heavy atom. The van der Waals surface area contributed by atoms with Crippen molar-refractivity contribution >= 4 is 22.8 Å². The number of benzene rings is 1. The van der Waals surface area contributed by atoms with Crippen molar-refractivity contribution in [1.29, 1.82) is 0 Å². The summed E-state index contributed by atoms with van der Waals surface area (Å²) in [6.07, 6.45) is -6.26. The third-order valence-electron chi connectivity index (χ3n) is 3.77. The summed E-state index contributed by atoms with van der Waals surface area (Å²) in [5.74, 6) is -0.550. The fourth-order valence-electron chi connectivity index (χ4n) is 2.58. The molecule has 2 aromatic rings. The summed E-state index contributed by atoms with van der Waals surface area (Å²) in [5.41, 5.74) is 2.43. The van der Waals surface area contributed by atoms with Crippen molar-refractivity contribution in [2.75, 3.05) is 5.32 Å². The van der Waals surface area contributed by atoms with Gasteiger partial charge in [0.05, 0.1) is 17.6 Å². The van der Waals surface area contributed by atoms with Crippen molar-refractivity contribution in [1.82, 2.24) is 20.6 Å². The second-order valence-corrected chi connectivity index (χ2v) is 5.76. The van der Waals surface area contributed by atoms with Crippen LogP contribution in [0.1, 0.15) is 17.7 Å². The molecule has 2 atom stereocenters. The SMILES string of the molecule is Cc1ccc2nc(NC3NC(=O)CC(C(F)(F)F)N3)nc(C)c2c1. The highest BCUT2D eigenvalue weighted by Gasteiger charge is 2.44. The van der Waals surface area contributed by atoms with Crippen LogP contribution in [0.2, 0.25) is 0 Å². The number of aryl methyl sites for hydroxylation is 2. The fourth-order valence-corrected chi connectivity index (χ4v) is 2.58. The fraction of sp³-hybridized carbons (Fsp3) is 0.400. The topological polar surface area (TPSA) is 78.9 Å². The maximum atomic E-state index is 12.8. The van der Waals surface area contributed by atoms with Gasteiger partial charge in [0.1, 0.15) is 6.04 Å². The van der Waals surface area contributed by atoms with Gasteiger partial charge in [0, 0.05) is 5.39 Å². The van der Waals surface area contributed by atoms with Crippen LogP contribution in [0.15, 0.2) is 18.2 Å². The van der Waals surface area contributed by atoms with E-state index in [1.807, 2.05) is 25.1 Å². The molecule has 3 N–H and O–H groups in total. The molecule has 2 unspecified atom stereocenters. The van der Waals surface area contributed by atoms with Gasteiger partial charge in [0.15, 0.2) is 6.29 Å². The van der Waals surface area contributed by atoms with Crippen molar-refractivity contribution in [3.05, 3.63) is 29.5 Å². The van der Waals surface area contributed by atoms with E-state index in [1.54, 1.807) is 6.92 Å². The number of hydrogen-bond donors (Lipinski definition) is 3. The molecular weight excluding hydrogens is 323 g/mol. The normalized spacial score (nSPS) is 21.6. The lowest BCUT2D eigenvalue weighted by Gasteiger charge is -2.32. The number of nitrogens with one attached hydrogen (secondary N) is 3. The van der Waals surface area contributed by atoms with E-state index in [2.05, 4.69) is 25.9 Å². The minimum atomic E-state index is -4.50. The number of hydrogen-bond acceptors (Lipinski definition) is 5. The maximum absolute atomic E-state index is 12.8. The van der Waals surface area contributed by atoms with Crippen LogP contribution in [0.5, 0.6) is 0 Å². The van der Waals surface area contributed by atoms with Crippen LogP contribution in [0, 0.1) is 13.8 Å². The number of carbonyl (C=O) groups excluding carboxylic acids is 1. The van der Waals surface area contributed by atoms with Crippen molar-refractivity contribution in [2.24, 2.45) is 0 Å². The Bertz CT molecular complexity index is 793. The first-order valence-corrected chi connectivity index (χ1v) is 7.36. The Hall–Kier alpha value is -2.42. The molecule has 1 saturated heterocycles. The highest BCUT2D eigenvalue weighted by molar-refractivity contribution is 5.82. The van der Waals surface area contributed by atoms with Gasteiger partial charge in [0.2, 0.25) is 11.9 Å². The Balaban J connectivity index is 1.84. The summed E-state index contributed by atoms with van der Waals surface area (Å²) in [4.78, 5) is 20.0. The molecule has 9 heteroatoms. The minimum absolute atomic E-state index is 0.143. The van der Waals surface area contributed by atoms with E-state index in [0.29, 0.717) is 11.2 Å². The third kappa shape index (κ3) is 3.40. The summed E-state index contributed by atoms with van der Waals surface area (Å²) in [5, 5.41) is 8.27. The van der Waals surface area contributed by atoms with E-state index in [9.17, 15) is 18.0 Å². The molecule has 24 heavy (non-hydrogen) atoms. The number of nitrogens with zero attached hydrogens (tertiary/aromatic N) is 2. The molecule has 0 radical (unpaired) electrons. The van der Waals surface area contributed by atoms with Crippen LogP contribution in [-0.4, -0.2) is 34.4 Å². The van der Waals surface area contributed by atoms with E-state index < -0.39 is 30.8 Å². The van der Waals surface area contributed by atoms with Crippen molar-refractivity contribution < 1.29 is 18.0 Å². The zero-order chi connectivity index (χ0) is 17.5. The Morgan fingerprint density at radius 2 is 2.00 bits per heavy atom. The molecule has 1 aromatic carbocycles. The first kappa shape index (κ1) is 16.4. The number of aromatic nitrogens is 2. The summed E-state index contributed by atoms with van der Waals surface area (Å²) in [7, 11) is 0. The van der Waals surface area contributed by atoms with Crippen molar-refractivity contribution in [2.45, 2.75) is 38.8 Å². The Morgan fingerprint density at radius 3 is 2.71 bits per heavy atom. The first-order chi connectivity index (χ1) is 11.2. The van der Waals surface area contributed by atoms with E-state index in [4.69, 9.17) is 0 Å². The van der Waals surface area contributed by atoms with Crippen LogP contribution in [0.3, 0.4) is 0 Å². The van der Waals surface area contributed by atoms with Crippen LogP contribution in [0.4, 0.5) is 19.1 Å². The lowest BCUT2D eigenvalue weighted by Crippen LogP contribution is -2.63. The predicted molar refractivity (Wildman–Crippen MR) is 82.2 cm³/mol. The standard InChI is InChI=1S/C15H16F3N5O/c1-7-3-4-10-9(5-7)8(2)19-13(20-10)23-14-21-11(15(16,17)18)6-12(24)22-14/h3-5,11,14,21H,6H2,1-2H3,(H,22,24)(H,19,20,23). The summed E-state index contributed by atoms with van der Waals surface area (Å²) < 4.78 is 38.5. The smallest absolute Gasteiger partial charge is 0.323 e. The van der Waals surface area contributed by atoms with Crippen molar-refractivity contribution in [3.63, 3.8) is 0 Å². The molecule has 1 aromatic heterocycles. The van der Waals surface area contributed by atoms with Crippen LogP contribution in [-0.2, 0) is 4.79 Å². The van der Waals surface area contributed by atoms with Crippen LogP contribution < -0.4 is 16.0 Å². The molecule has 3 rings (SSSR count). The van der Waals surface area contributed by atoms with E-state index in [-0.39, 0.29) is 5.95 Å². The molecule has 0 bridgehead atoms. The zero-order valence-corrected chi connectivity index (χ0v) is 13.0. The quantitative estimate of drug-likeness (QED) is 0.780. The summed E-state index contributed by atoms with van der Waals surface area (Å²) >= 11 is 0. The van der Waals surface area contributed by atoms with Crippen LogP contribution in [0.25, 0.3) is 10.9 Å². The predicted octanol–water partition coefficient (Wildman–Crippen LogP) is 1.98. The second kappa shape index (κ2) is 5.90. The van der Waals surface area contributed by atoms with Gasteiger partial charge >= 0.3 is 6.18 Å². The number of halogens is 3. The van der Waals surface area contributed by atoms with Gasteiger partial charge < -0.3 is 10.6 Å². The molecule has 1 fully saturated rings. The average molecular weight is 339 g/mol. The average Bonchev–Trinajstić information content (AvgIpc) is 2.46. The number of amides is 1. The number of anilines is 1. The van der Waals surface area contributed by atoms with Crippen LogP contribution >= 0.6 is 0 Å². The van der Waals surface area contributed by atoms with Gasteiger partial charge in [-0.3, -0.25) is 10.1 Å². The molecule has 1 amide bonds. The molecular formula is C15H16F3N5O. The maximum Gasteiger partial charge on any atom is 0.404 e. The summed E-state index contributed by atoms with van der Waals surface area (Å²) in [6, 6.07) is 3.73. The zero-order valence-electron chi connectivity index (χ0n) is 13.0.